The number of hydrogen-bond acceptors (Lipinski definition) is 1. The second-order valence-corrected chi connectivity index (χ2v) is 5.58. The lowest BCUT2D eigenvalue weighted by Crippen LogP contribution is -2.36. The van der Waals surface area contributed by atoms with Gasteiger partial charge < -0.3 is 4.90 Å². The van der Waals surface area contributed by atoms with E-state index >= 15 is 0 Å². The van der Waals surface area contributed by atoms with Crippen molar-refractivity contribution in [1.29, 1.82) is 0 Å². The Labute approximate surface area is 126 Å². The third-order valence-corrected chi connectivity index (χ3v) is 4.03. The van der Waals surface area contributed by atoms with Crippen LogP contribution in [0.5, 0.6) is 0 Å². The first-order valence-corrected chi connectivity index (χ1v) is 7.80. The summed E-state index contributed by atoms with van der Waals surface area (Å²) in [5, 5.41) is 0. The van der Waals surface area contributed by atoms with Gasteiger partial charge in [-0.2, -0.15) is 13.2 Å². The van der Waals surface area contributed by atoms with Crippen LogP contribution in [-0.4, -0.2) is 13.1 Å². The summed E-state index contributed by atoms with van der Waals surface area (Å²) in [6.07, 6.45) is -2.32. The number of halogens is 3. The van der Waals surface area contributed by atoms with Gasteiger partial charge in [0.25, 0.3) is 0 Å². The van der Waals surface area contributed by atoms with Crippen molar-refractivity contribution in [2.24, 2.45) is 11.8 Å². The molecule has 1 aromatic rings. The number of rotatable bonds is 2. The molecular formula is C17H26F3N. The normalized spacial score (nSPS) is 16.7. The summed E-state index contributed by atoms with van der Waals surface area (Å²) in [7, 11) is 0. The molecule has 0 unspecified atom stereocenters. The van der Waals surface area contributed by atoms with Crippen molar-refractivity contribution < 1.29 is 13.2 Å². The Morgan fingerprint density at radius 3 is 2.05 bits per heavy atom. The Kier molecular flexibility index (Phi) is 6.56. The van der Waals surface area contributed by atoms with Gasteiger partial charge >= 0.3 is 6.18 Å². The summed E-state index contributed by atoms with van der Waals surface area (Å²) in [5.41, 5.74) is -0.185. The fourth-order valence-corrected chi connectivity index (χ4v) is 2.80. The van der Waals surface area contributed by atoms with Gasteiger partial charge in [0.05, 0.1) is 5.56 Å². The van der Waals surface area contributed by atoms with Gasteiger partial charge in [-0.25, -0.2) is 0 Å². The molecule has 21 heavy (non-hydrogen) atoms. The number of para-hydroxylation sites is 1. The number of hydrogen-bond donors (Lipinski definition) is 0. The molecule has 1 aromatic carbocycles. The van der Waals surface area contributed by atoms with Crippen LogP contribution in [0.15, 0.2) is 24.3 Å². The first-order chi connectivity index (χ1) is 9.89. The van der Waals surface area contributed by atoms with Crippen molar-refractivity contribution in [3.63, 3.8) is 0 Å². The molecule has 0 spiro atoms. The van der Waals surface area contributed by atoms with E-state index in [1.54, 1.807) is 12.1 Å². The molecule has 0 N–H and O–H groups in total. The Balaban J connectivity index is 0.00000106. The Hall–Kier alpha value is -1.19. The van der Waals surface area contributed by atoms with Crippen LogP contribution in [0.1, 0.15) is 46.1 Å². The summed E-state index contributed by atoms with van der Waals surface area (Å²) in [5.74, 6) is 1.24. The van der Waals surface area contributed by atoms with Gasteiger partial charge in [0.1, 0.15) is 0 Å². The van der Waals surface area contributed by atoms with Gasteiger partial charge in [-0.1, -0.05) is 39.8 Å². The molecule has 2 rings (SSSR count). The Bertz CT molecular complexity index is 418. The molecule has 0 aromatic heterocycles. The average Bonchev–Trinajstić information content (AvgIpc) is 2.48. The molecule has 0 atom stereocenters. The summed E-state index contributed by atoms with van der Waals surface area (Å²) >= 11 is 0. The summed E-state index contributed by atoms with van der Waals surface area (Å²) < 4.78 is 38.9. The fraction of sp³-hybridized carbons (Fsp3) is 0.647. The Morgan fingerprint density at radius 1 is 1.05 bits per heavy atom. The van der Waals surface area contributed by atoms with Crippen LogP contribution in [-0.2, 0) is 6.18 Å². The van der Waals surface area contributed by atoms with E-state index < -0.39 is 11.7 Å². The van der Waals surface area contributed by atoms with Gasteiger partial charge in [-0.05, 0) is 36.8 Å². The van der Waals surface area contributed by atoms with E-state index in [4.69, 9.17) is 0 Å². The van der Waals surface area contributed by atoms with Crippen LogP contribution in [0.2, 0.25) is 0 Å². The van der Waals surface area contributed by atoms with Crippen molar-refractivity contribution in [3.05, 3.63) is 29.8 Å². The minimum absolute atomic E-state index is 0.331. The van der Waals surface area contributed by atoms with Gasteiger partial charge in [0, 0.05) is 18.8 Å². The van der Waals surface area contributed by atoms with E-state index in [2.05, 4.69) is 13.8 Å². The minimum Gasteiger partial charge on any atom is -0.371 e. The van der Waals surface area contributed by atoms with E-state index in [0.29, 0.717) is 17.5 Å². The first kappa shape index (κ1) is 17.9. The van der Waals surface area contributed by atoms with Crippen LogP contribution < -0.4 is 4.90 Å². The maximum Gasteiger partial charge on any atom is 0.418 e. The zero-order chi connectivity index (χ0) is 16.0. The molecule has 0 amide bonds. The zero-order valence-electron chi connectivity index (χ0n) is 13.4. The lowest BCUT2D eigenvalue weighted by Gasteiger charge is -2.36. The van der Waals surface area contributed by atoms with Crippen molar-refractivity contribution in [3.8, 4) is 0 Å². The highest BCUT2D eigenvalue weighted by atomic mass is 19.4. The molecule has 0 aliphatic carbocycles. The second-order valence-electron chi connectivity index (χ2n) is 5.58. The third kappa shape index (κ3) is 4.65. The first-order valence-electron chi connectivity index (χ1n) is 7.80. The van der Waals surface area contributed by atoms with Crippen molar-refractivity contribution in [2.45, 2.75) is 46.7 Å². The van der Waals surface area contributed by atoms with E-state index in [1.165, 1.54) is 12.1 Å². The highest BCUT2D eigenvalue weighted by molar-refractivity contribution is 5.55. The lowest BCUT2D eigenvalue weighted by atomic mass is 9.86. The second kappa shape index (κ2) is 7.71. The van der Waals surface area contributed by atoms with Crippen LogP contribution in [0.4, 0.5) is 18.9 Å². The maximum absolute atomic E-state index is 13.0. The topological polar surface area (TPSA) is 3.24 Å². The quantitative estimate of drug-likeness (QED) is 0.687. The summed E-state index contributed by atoms with van der Waals surface area (Å²) in [6, 6.07) is 5.88. The molecule has 0 saturated carbocycles. The van der Waals surface area contributed by atoms with E-state index in [0.717, 1.165) is 25.9 Å². The number of nitrogens with zero attached hydrogens (tertiary/aromatic N) is 1. The molecular weight excluding hydrogens is 275 g/mol. The highest BCUT2D eigenvalue weighted by Gasteiger charge is 2.35. The molecule has 1 nitrogen and oxygen atoms in total. The number of piperidine rings is 1. The molecule has 1 aliphatic heterocycles. The number of alkyl halides is 3. The van der Waals surface area contributed by atoms with Gasteiger partial charge in [-0.3, -0.25) is 0 Å². The maximum atomic E-state index is 13.0. The fourth-order valence-electron chi connectivity index (χ4n) is 2.80. The van der Waals surface area contributed by atoms with Crippen molar-refractivity contribution >= 4 is 5.69 Å². The standard InChI is InChI=1S/C15H20F3N.C2H6/c1-11(2)12-7-9-19(10-8-12)14-6-4-3-5-13(14)15(16,17)18;1-2/h3-6,11-12H,7-10H2,1-2H3;1-2H3. The molecule has 120 valence electrons. The highest BCUT2D eigenvalue weighted by Crippen LogP contribution is 2.38. The zero-order valence-corrected chi connectivity index (χ0v) is 13.4. The summed E-state index contributed by atoms with van der Waals surface area (Å²) in [6.45, 7) is 9.81. The Morgan fingerprint density at radius 2 is 1.57 bits per heavy atom. The predicted molar refractivity (Wildman–Crippen MR) is 82.6 cm³/mol. The minimum atomic E-state index is -4.27. The third-order valence-electron chi connectivity index (χ3n) is 4.03. The average molecular weight is 301 g/mol. The van der Waals surface area contributed by atoms with Crippen LogP contribution in [0.25, 0.3) is 0 Å². The molecule has 1 fully saturated rings. The van der Waals surface area contributed by atoms with Crippen LogP contribution >= 0.6 is 0 Å². The summed E-state index contributed by atoms with van der Waals surface area (Å²) in [4.78, 5) is 1.88. The monoisotopic (exact) mass is 301 g/mol. The molecule has 1 heterocycles. The molecule has 1 saturated heterocycles. The van der Waals surface area contributed by atoms with Crippen molar-refractivity contribution in [2.75, 3.05) is 18.0 Å². The lowest BCUT2D eigenvalue weighted by molar-refractivity contribution is -0.137. The van der Waals surface area contributed by atoms with E-state index in [9.17, 15) is 13.2 Å². The number of anilines is 1. The van der Waals surface area contributed by atoms with E-state index in [-0.39, 0.29) is 0 Å². The van der Waals surface area contributed by atoms with Gasteiger partial charge in [-0.15, -0.1) is 0 Å². The smallest absolute Gasteiger partial charge is 0.371 e. The largest absolute Gasteiger partial charge is 0.418 e. The van der Waals surface area contributed by atoms with E-state index in [1.807, 2.05) is 18.7 Å². The predicted octanol–water partition coefficient (Wildman–Crippen LogP) is 5.60. The van der Waals surface area contributed by atoms with Crippen molar-refractivity contribution in [1.82, 2.24) is 0 Å². The van der Waals surface area contributed by atoms with Crippen LogP contribution in [0.3, 0.4) is 0 Å². The molecule has 4 heteroatoms. The number of benzene rings is 1. The van der Waals surface area contributed by atoms with Crippen LogP contribution in [0, 0.1) is 11.8 Å². The molecule has 0 bridgehead atoms. The molecule has 1 aliphatic rings. The molecule has 0 radical (unpaired) electrons. The van der Waals surface area contributed by atoms with Gasteiger partial charge in [0.15, 0.2) is 0 Å². The van der Waals surface area contributed by atoms with Gasteiger partial charge in [0.2, 0.25) is 0 Å². The SMILES string of the molecule is CC.CC(C)C1CCN(c2ccccc2C(F)(F)F)CC1.